The van der Waals surface area contributed by atoms with Crippen molar-refractivity contribution in [1.82, 2.24) is 20.3 Å². The summed E-state index contributed by atoms with van der Waals surface area (Å²) in [5.74, 6) is 0.393. The number of anilines is 1. The molecular formula is C13H14ClN5O. The Morgan fingerprint density at radius 3 is 2.70 bits per heavy atom. The van der Waals surface area contributed by atoms with Crippen LogP contribution in [0.4, 0.5) is 5.95 Å². The van der Waals surface area contributed by atoms with Gasteiger partial charge in [-0.2, -0.15) is 0 Å². The molecule has 2 N–H and O–H groups in total. The molecule has 0 saturated heterocycles. The van der Waals surface area contributed by atoms with E-state index < -0.39 is 0 Å². The predicted octanol–water partition coefficient (Wildman–Crippen LogP) is 1.64. The number of aromatic nitrogens is 3. The first-order chi connectivity index (χ1) is 9.74. The molecular weight excluding hydrogens is 278 g/mol. The number of carbonyl (C=O) groups excluding carboxylic acids is 1. The Bertz CT molecular complexity index is 546. The van der Waals surface area contributed by atoms with Crippen LogP contribution in [-0.4, -0.2) is 27.4 Å². The Morgan fingerprint density at radius 2 is 2.00 bits per heavy atom. The van der Waals surface area contributed by atoms with Crippen molar-refractivity contribution in [2.24, 2.45) is 0 Å². The molecule has 0 saturated carbocycles. The minimum atomic E-state index is -0.0582. The number of rotatable bonds is 6. The summed E-state index contributed by atoms with van der Waals surface area (Å²) < 4.78 is 0. The van der Waals surface area contributed by atoms with Gasteiger partial charge in [0.25, 0.3) is 0 Å². The number of hydrogen-bond acceptors (Lipinski definition) is 5. The van der Waals surface area contributed by atoms with Gasteiger partial charge in [0, 0.05) is 19.2 Å². The molecule has 0 spiro atoms. The van der Waals surface area contributed by atoms with E-state index in [1.165, 1.54) is 12.4 Å². The topological polar surface area (TPSA) is 79.8 Å². The number of halogens is 1. The summed E-state index contributed by atoms with van der Waals surface area (Å²) in [4.78, 5) is 23.7. The van der Waals surface area contributed by atoms with Gasteiger partial charge in [-0.05, 0) is 12.1 Å². The molecule has 7 heteroatoms. The molecule has 1 amide bonds. The molecule has 2 aromatic rings. The van der Waals surface area contributed by atoms with Crippen molar-refractivity contribution in [3.8, 4) is 0 Å². The number of pyridine rings is 1. The summed E-state index contributed by atoms with van der Waals surface area (Å²) in [6, 6.07) is 5.58. The molecule has 104 valence electrons. The zero-order valence-electron chi connectivity index (χ0n) is 10.7. The molecule has 0 aliphatic heterocycles. The maximum absolute atomic E-state index is 11.6. The quantitative estimate of drug-likeness (QED) is 0.846. The fraction of sp³-hybridized carbons (Fsp3) is 0.231. The van der Waals surface area contributed by atoms with Crippen molar-refractivity contribution in [1.29, 1.82) is 0 Å². The van der Waals surface area contributed by atoms with Crippen molar-refractivity contribution in [3.05, 3.63) is 47.5 Å². The van der Waals surface area contributed by atoms with Crippen LogP contribution in [0.2, 0.25) is 5.02 Å². The molecule has 2 aromatic heterocycles. The number of nitrogens with one attached hydrogen (secondary N) is 2. The third kappa shape index (κ3) is 4.81. The number of hydrogen-bond donors (Lipinski definition) is 2. The van der Waals surface area contributed by atoms with Gasteiger partial charge in [0.15, 0.2) is 0 Å². The third-order valence-electron chi connectivity index (χ3n) is 2.45. The van der Waals surface area contributed by atoms with Gasteiger partial charge in [-0.1, -0.05) is 17.7 Å². The molecule has 0 unspecified atom stereocenters. The SMILES string of the molecule is O=C(CCNc1ncc(Cl)cn1)NCc1ccccn1. The van der Waals surface area contributed by atoms with E-state index in [4.69, 9.17) is 11.6 Å². The highest BCUT2D eigenvalue weighted by molar-refractivity contribution is 6.30. The van der Waals surface area contributed by atoms with Gasteiger partial charge >= 0.3 is 0 Å². The zero-order chi connectivity index (χ0) is 14.2. The Morgan fingerprint density at radius 1 is 1.20 bits per heavy atom. The Kier molecular flexibility index (Phi) is 5.25. The highest BCUT2D eigenvalue weighted by atomic mass is 35.5. The monoisotopic (exact) mass is 291 g/mol. The summed E-state index contributed by atoms with van der Waals surface area (Å²) >= 11 is 5.67. The number of nitrogens with zero attached hydrogens (tertiary/aromatic N) is 3. The van der Waals surface area contributed by atoms with Crippen molar-refractivity contribution < 1.29 is 4.79 Å². The van der Waals surface area contributed by atoms with Crippen molar-refractivity contribution in [2.75, 3.05) is 11.9 Å². The maximum Gasteiger partial charge on any atom is 0.222 e. The predicted molar refractivity (Wildman–Crippen MR) is 76.2 cm³/mol. The molecule has 0 fully saturated rings. The van der Waals surface area contributed by atoms with E-state index in [9.17, 15) is 4.79 Å². The molecule has 0 aliphatic rings. The minimum absolute atomic E-state index is 0.0582. The molecule has 2 heterocycles. The van der Waals surface area contributed by atoms with Crippen LogP contribution in [0.1, 0.15) is 12.1 Å². The normalized spacial score (nSPS) is 10.1. The molecule has 0 radical (unpaired) electrons. The smallest absolute Gasteiger partial charge is 0.222 e. The van der Waals surface area contributed by atoms with Crippen molar-refractivity contribution in [3.63, 3.8) is 0 Å². The lowest BCUT2D eigenvalue weighted by molar-refractivity contribution is -0.121. The van der Waals surface area contributed by atoms with Gasteiger partial charge in [-0.25, -0.2) is 9.97 Å². The third-order valence-corrected chi connectivity index (χ3v) is 2.64. The van der Waals surface area contributed by atoms with Crippen LogP contribution in [0, 0.1) is 0 Å². The summed E-state index contributed by atoms with van der Waals surface area (Å²) in [7, 11) is 0. The molecule has 0 bridgehead atoms. The van der Waals surface area contributed by atoms with Gasteiger partial charge < -0.3 is 10.6 Å². The Balaban J connectivity index is 1.66. The largest absolute Gasteiger partial charge is 0.354 e. The van der Waals surface area contributed by atoms with Gasteiger partial charge in [-0.3, -0.25) is 9.78 Å². The van der Waals surface area contributed by atoms with Crippen LogP contribution < -0.4 is 10.6 Å². The van der Waals surface area contributed by atoms with E-state index in [-0.39, 0.29) is 5.91 Å². The zero-order valence-corrected chi connectivity index (χ0v) is 11.5. The molecule has 0 atom stereocenters. The Labute approximate surface area is 121 Å². The lowest BCUT2D eigenvalue weighted by atomic mass is 10.3. The molecule has 2 rings (SSSR count). The van der Waals surface area contributed by atoms with Gasteiger partial charge in [0.1, 0.15) is 0 Å². The summed E-state index contributed by atoms with van der Waals surface area (Å²) in [5.41, 5.74) is 0.829. The second-order valence-corrected chi connectivity index (χ2v) is 4.44. The molecule has 0 aliphatic carbocycles. The maximum atomic E-state index is 11.6. The average Bonchev–Trinajstić information content (AvgIpc) is 2.48. The first kappa shape index (κ1) is 14.2. The van der Waals surface area contributed by atoms with Crippen LogP contribution in [0.25, 0.3) is 0 Å². The second-order valence-electron chi connectivity index (χ2n) is 4.00. The highest BCUT2D eigenvalue weighted by Crippen LogP contribution is 2.05. The van der Waals surface area contributed by atoms with Crippen LogP contribution in [-0.2, 0) is 11.3 Å². The standard InChI is InChI=1S/C13H14ClN5O/c14-10-7-18-13(19-8-10)16-6-4-12(20)17-9-11-3-1-2-5-15-11/h1-3,5,7-8H,4,6,9H2,(H,17,20)(H,16,18,19). The van der Waals surface area contributed by atoms with E-state index in [0.29, 0.717) is 30.5 Å². The Hall–Kier alpha value is -2.21. The van der Waals surface area contributed by atoms with Gasteiger partial charge in [0.2, 0.25) is 11.9 Å². The van der Waals surface area contributed by atoms with E-state index in [0.717, 1.165) is 5.69 Å². The lowest BCUT2D eigenvalue weighted by Crippen LogP contribution is -2.25. The fourth-order valence-corrected chi connectivity index (χ4v) is 1.57. The van der Waals surface area contributed by atoms with Gasteiger partial charge in [0.05, 0.1) is 29.7 Å². The molecule has 20 heavy (non-hydrogen) atoms. The van der Waals surface area contributed by atoms with Crippen LogP contribution in [0.5, 0.6) is 0 Å². The number of amides is 1. The lowest BCUT2D eigenvalue weighted by Gasteiger charge is -2.06. The summed E-state index contributed by atoms with van der Waals surface area (Å²) in [6.07, 6.45) is 5.02. The summed E-state index contributed by atoms with van der Waals surface area (Å²) in [5, 5.41) is 6.21. The van der Waals surface area contributed by atoms with Crippen molar-refractivity contribution in [2.45, 2.75) is 13.0 Å². The van der Waals surface area contributed by atoms with Crippen LogP contribution in [0.15, 0.2) is 36.8 Å². The summed E-state index contributed by atoms with van der Waals surface area (Å²) in [6.45, 7) is 0.882. The average molecular weight is 292 g/mol. The van der Waals surface area contributed by atoms with E-state index in [1.807, 2.05) is 18.2 Å². The highest BCUT2D eigenvalue weighted by Gasteiger charge is 2.02. The second kappa shape index (κ2) is 7.40. The van der Waals surface area contributed by atoms with Gasteiger partial charge in [-0.15, -0.1) is 0 Å². The van der Waals surface area contributed by atoms with E-state index in [2.05, 4.69) is 25.6 Å². The molecule has 0 aromatic carbocycles. The molecule has 6 nitrogen and oxygen atoms in total. The first-order valence-corrected chi connectivity index (χ1v) is 6.50. The van der Waals surface area contributed by atoms with Crippen LogP contribution in [0.3, 0.4) is 0 Å². The first-order valence-electron chi connectivity index (χ1n) is 6.12. The fourth-order valence-electron chi connectivity index (χ4n) is 1.47. The van der Waals surface area contributed by atoms with E-state index >= 15 is 0 Å². The minimum Gasteiger partial charge on any atom is -0.354 e. The number of carbonyl (C=O) groups is 1. The van der Waals surface area contributed by atoms with E-state index in [1.54, 1.807) is 6.20 Å². The van der Waals surface area contributed by atoms with Crippen LogP contribution >= 0.6 is 11.6 Å². The van der Waals surface area contributed by atoms with Crippen molar-refractivity contribution >= 4 is 23.5 Å².